The number of nitrogens with one attached hydrogen (secondary N) is 1. The van der Waals surface area contributed by atoms with Crippen molar-refractivity contribution in [2.24, 2.45) is 11.8 Å². The summed E-state index contributed by atoms with van der Waals surface area (Å²) in [6.45, 7) is 0. The number of ether oxygens (including phenoxy) is 1. The third-order valence-electron chi connectivity index (χ3n) is 4.43. The summed E-state index contributed by atoms with van der Waals surface area (Å²) in [5.41, 5.74) is 1.13. The summed E-state index contributed by atoms with van der Waals surface area (Å²) in [4.78, 5) is 23.8. The van der Waals surface area contributed by atoms with Crippen LogP contribution >= 0.6 is 0 Å². The first-order valence-electron chi connectivity index (χ1n) is 8.53. The highest BCUT2D eigenvalue weighted by Crippen LogP contribution is 2.28. The molecule has 2 atom stereocenters. The number of amides is 1. The predicted octanol–water partition coefficient (Wildman–Crippen LogP) is 3.96. The molecule has 1 amide bonds. The van der Waals surface area contributed by atoms with Crippen molar-refractivity contribution >= 4 is 17.6 Å². The summed E-state index contributed by atoms with van der Waals surface area (Å²) in [5.74, 6) is -1.35. The highest BCUT2D eigenvalue weighted by Gasteiger charge is 2.33. The zero-order valence-electron chi connectivity index (χ0n) is 14.5. The van der Waals surface area contributed by atoms with E-state index in [0.29, 0.717) is 35.6 Å². The highest BCUT2D eigenvalue weighted by atomic mass is 16.5. The number of nitriles is 1. The normalized spacial score (nSPS) is 18.3. The Morgan fingerprint density at radius 3 is 2.07 bits per heavy atom. The second kappa shape index (κ2) is 8.19. The van der Waals surface area contributed by atoms with Crippen molar-refractivity contribution in [2.45, 2.75) is 12.8 Å². The number of anilines is 1. The van der Waals surface area contributed by atoms with E-state index in [-0.39, 0.29) is 5.91 Å². The van der Waals surface area contributed by atoms with Crippen molar-refractivity contribution < 1.29 is 19.4 Å². The minimum atomic E-state index is -0.953. The monoisotopic (exact) mass is 362 g/mol. The van der Waals surface area contributed by atoms with Crippen molar-refractivity contribution in [2.75, 3.05) is 5.32 Å². The number of benzene rings is 2. The standard InChI is InChI=1S/C21H18N2O4/c22-13-14-5-9-16(10-6-14)27-17-11-7-15(8-12-17)23-20(24)18-3-1-2-4-19(18)21(25)26/h1-2,5-12,18-19H,3-4H2,(H,23,24)(H,25,26)/t18-,19-/m1/s1. The zero-order valence-corrected chi connectivity index (χ0v) is 14.5. The van der Waals surface area contributed by atoms with Gasteiger partial charge in [-0.2, -0.15) is 5.26 Å². The molecule has 0 spiro atoms. The van der Waals surface area contributed by atoms with Crippen molar-refractivity contribution in [3.63, 3.8) is 0 Å². The summed E-state index contributed by atoms with van der Waals surface area (Å²) in [5, 5.41) is 20.9. The molecule has 0 radical (unpaired) electrons. The molecule has 6 heteroatoms. The quantitative estimate of drug-likeness (QED) is 0.785. The largest absolute Gasteiger partial charge is 0.481 e. The van der Waals surface area contributed by atoms with Gasteiger partial charge in [0.25, 0.3) is 0 Å². The summed E-state index contributed by atoms with van der Waals surface area (Å²) in [7, 11) is 0. The van der Waals surface area contributed by atoms with E-state index in [4.69, 9.17) is 10.00 Å². The molecule has 2 N–H and O–H groups in total. The van der Waals surface area contributed by atoms with Gasteiger partial charge >= 0.3 is 5.97 Å². The van der Waals surface area contributed by atoms with Gasteiger partial charge in [-0.15, -0.1) is 0 Å². The maximum atomic E-state index is 12.5. The van der Waals surface area contributed by atoms with Gasteiger partial charge in [-0.25, -0.2) is 0 Å². The second-order valence-corrected chi connectivity index (χ2v) is 6.25. The molecular formula is C21H18N2O4. The molecular weight excluding hydrogens is 344 g/mol. The van der Waals surface area contributed by atoms with E-state index in [1.165, 1.54) is 0 Å². The molecule has 2 aromatic carbocycles. The topological polar surface area (TPSA) is 99.4 Å². The molecule has 27 heavy (non-hydrogen) atoms. The molecule has 6 nitrogen and oxygen atoms in total. The molecule has 0 unspecified atom stereocenters. The molecule has 3 rings (SSSR count). The molecule has 2 aromatic rings. The lowest BCUT2D eigenvalue weighted by atomic mass is 9.82. The van der Waals surface area contributed by atoms with Crippen molar-refractivity contribution in [3.8, 4) is 17.6 Å². The lowest BCUT2D eigenvalue weighted by Gasteiger charge is -2.24. The Balaban J connectivity index is 1.63. The second-order valence-electron chi connectivity index (χ2n) is 6.25. The smallest absolute Gasteiger partial charge is 0.307 e. The zero-order chi connectivity index (χ0) is 19.2. The number of carbonyl (C=O) groups is 2. The molecule has 0 saturated carbocycles. The van der Waals surface area contributed by atoms with Gasteiger partial charge in [0, 0.05) is 5.69 Å². The van der Waals surface area contributed by atoms with Crippen LogP contribution in [0.2, 0.25) is 0 Å². The number of carboxylic acid groups (broad SMARTS) is 1. The van der Waals surface area contributed by atoms with E-state index >= 15 is 0 Å². The van der Waals surface area contributed by atoms with Gasteiger partial charge in [-0.05, 0) is 61.4 Å². The molecule has 0 heterocycles. The minimum absolute atomic E-state index is 0.299. The molecule has 136 valence electrons. The third kappa shape index (κ3) is 4.53. The fraction of sp³-hybridized carbons (Fsp3) is 0.190. The number of carbonyl (C=O) groups excluding carboxylic acids is 1. The van der Waals surface area contributed by atoms with Crippen LogP contribution in [0.1, 0.15) is 18.4 Å². The first-order chi connectivity index (χ1) is 13.1. The third-order valence-corrected chi connectivity index (χ3v) is 4.43. The van der Waals surface area contributed by atoms with E-state index < -0.39 is 17.8 Å². The summed E-state index contributed by atoms with van der Waals surface area (Å²) < 4.78 is 5.69. The first kappa shape index (κ1) is 18.2. The van der Waals surface area contributed by atoms with E-state index in [1.54, 1.807) is 54.6 Å². The van der Waals surface area contributed by atoms with Crippen molar-refractivity contribution in [1.82, 2.24) is 0 Å². The van der Waals surface area contributed by atoms with Crippen LogP contribution < -0.4 is 10.1 Å². The van der Waals surface area contributed by atoms with Gasteiger partial charge in [-0.1, -0.05) is 12.2 Å². The average Bonchev–Trinajstić information content (AvgIpc) is 2.70. The number of hydrogen-bond donors (Lipinski definition) is 2. The van der Waals surface area contributed by atoms with Crippen LogP contribution in [0.4, 0.5) is 5.69 Å². The Labute approximate surface area is 156 Å². The lowest BCUT2D eigenvalue weighted by Crippen LogP contribution is -2.34. The predicted molar refractivity (Wildman–Crippen MR) is 99.3 cm³/mol. The number of hydrogen-bond acceptors (Lipinski definition) is 4. The van der Waals surface area contributed by atoms with Gasteiger partial charge < -0.3 is 15.2 Å². The van der Waals surface area contributed by atoms with Gasteiger partial charge in [0.2, 0.25) is 5.91 Å². The van der Waals surface area contributed by atoms with Crippen LogP contribution in [-0.2, 0) is 9.59 Å². The molecule has 0 aromatic heterocycles. The van der Waals surface area contributed by atoms with Crippen LogP contribution in [0, 0.1) is 23.2 Å². The molecule has 1 aliphatic rings. The Hall–Kier alpha value is -3.59. The van der Waals surface area contributed by atoms with E-state index in [2.05, 4.69) is 5.32 Å². The fourth-order valence-electron chi connectivity index (χ4n) is 2.95. The summed E-state index contributed by atoms with van der Waals surface area (Å²) >= 11 is 0. The highest BCUT2D eigenvalue weighted by molar-refractivity contribution is 5.95. The molecule has 0 saturated heterocycles. The molecule has 0 bridgehead atoms. The Bertz CT molecular complexity index is 895. The van der Waals surface area contributed by atoms with E-state index in [1.807, 2.05) is 12.1 Å². The first-order valence-corrected chi connectivity index (χ1v) is 8.53. The van der Waals surface area contributed by atoms with Crippen LogP contribution in [0.15, 0.2) is 60.7 Å². The maximum Gasteiger partial charge on any atom is 0.307 e. The summed E-state index contributed by atoms with van der Waals surface area (Å²) in [6.07, 6.45) is 4.43. The van der Waals surface area contributed by atoms with Crippen molar-refractivity contribution in [1.29, 1.82) is 5.26 Å². The van der Waals surface area contributed by atoms with Crippen LogP contribution in [0.5, 0.6) is 11.5 Å². The Kier molecular flexibility index (Phi) is 5.53. The van der Waals surface area contributed by atoms with Gasteiger partial charge in [0.15, 0.2) is 0 Å². The molecule has 1 aliphatic carbocycles. The van der Waals surface area contributed by atoms with Crippen LogP contribution in [0.3, 0.4) is 0 Å². The van der Waals surface area contributed by atoms with Crippen LogP contribution in [0.25, 0.3) is 0 Å². The van der Waals surface area contributed by atoms with Crippen LogP contribution in [-0.4, -0.2) is 17.0 Å². The Morgan fingerprint density at radius 2 is 1.52 bits per heavy atom. The summed E-state index contributed by atoms with van der Waals surface area (Å²) in [6, 6.07) is 15.6. The average molecular weight is 362 g/mol. The molecule has 0 aliphatic heterocycles. The SMILES string of the molecule is N#Cc1ccc(Oc2ccc(NC(=O)[C@@H]3CC=CC[C@H]3C(=O)O)cc2)cc1. The van der Waals surface area contributed by atoms with E-state index in [9.17, 15) is 14.7 Å². The fourth-order valence-corrected chi connectivity index (χ4v) is 2.95. The number of allylic oxidation sites excluding steroid dienone is 2. The molecule has 0 fully saturated rings. The minimum Gasteiger partial charge on any atom is -0.481 e. The number of aliphatic carboxylic acids is 1. The van der Waals surface area contributed by atoms with Gasteiger partial charge in [0.1, 0.15) is 11.5 Å². The van der Waals surface area contributed by atoms with E-state index in [0.717, 1.165) is 0 Å². The lowest BCUT2D eigenvalue weighted by molar-refractivity contribution is -0.146. The van der Waals surface area contributed by atoms with Gasteiger partial charge in [-0.3, -0.25) is 9.59 Å². The van der Waals surface area contributed by atoms with Crippen molar-refractivity contribution in [3.05, 3.63) is 66.2 Å². The maximum absolute atomic E-state index is 12.5. The Morgan fingerprint density at radius 1 is 0.963 bits per heavy atom. The number of nitrogens with zero attached hydrogens (tertiary/aromatic N) is 1. The number of carboxylic acids is 1. The van der Waals surface area contributed by atoms with Gasteiger partial charge in [0.05, 0.1) is 23.5 Å². The number of rotatable bonds is 5.